The number of carbonyl (C=O) groups excluding carboxylic acids is 1. The van der Waals surface area contributed by atoms with Gasteiger partial charge in [-0.2, -0.15) is 13.2 Å². The second kappa shape index (κ2) is 4.55. The van der Waals surface area contributed by atoms with Crippen molar-refractivity contribution in [3.05, 3.63) is 14.4 Å². The first-order valence-electron chi connectivity index (χ1n) is 4.83. The molecule has 0 aliphatic rings. The molecule has 2 aromatic heterocycles. The van der Waals surface area contributed by atoms with E-state index in [1.165, 1.54) is 27.2 Å². The molecule has 0 aliphatic heterocycles. The zero-order valence-electron chi connectivity index (χ0n) is 9.77. The van der Waals surface area contributed by atoms with Gasteiger partial charge in [-0.25, -0.2) is 0 Å². The lowest BCUT2D eigenvalue weighted by molar-refractivity contribution is -0.542. The molecule has 0 aliphatic carbocycles. The third-order valence-corrected chi connectivity index (χ3v) is 6.26. The van der Waals surface area contributed by atoms with E-state index >= 15 is 0 Å². The van der Waals surface area contributed by atoms with Crippen LogP contribution in [0.5, 0.6) is 0 Å². The molecule has 0 saturated heterocycles. The molecule has 0 radical (unpaired) electrons. The highest BCUT2D eigenvalue weighted by atomic mass is 79.9. The van der Waals surface area contributed by atoms with Crippen molar-refractivity contribution in [1.29, 1.82) is 0 Å². The molecular weight excluding hydrogens is 360 g/mol. The molecule has 2 rings (SSSR count). The average molecular weight is 370 g/mol. The summed E-state index contributed by atoms with van der Waals surface area (Å²) in [6.07, 6.45) is 0.958. The second-order valence-electron chi connectivity index (χ2n) is 3.77. The van der Waals surface area contributed by atoms with Crippen molar-refractivity contribution >= 4 is 64.2 Å². The Morgan fingerprint density at radius 3 is 2.50 bits per heavy atom. The first-order valence-corrected chi connectivity index (χ1v) is 9.14. The minimum absolute atomic E-state index is 0.644. The minimum atomic E-state index is -3.56. The molecule has 5 nitrogen and oxygen atoms in total. The second-order valence-corrected chi connectivity index (χ2v) is 9.04. The van der Waals surface area contributed by atoms with Crippen molar-refractivity contribution < 1.29 is 17.8 Å². The Balaban J connectivity index is 2.60. The quantitative estimate of drug-likeness (QED) is 0.783. The maximum absolute atomic E-state index is 11.9. The highest BCUT2D eigenvalue weighted by molar-refractivity contribution is 9.11. The number of hydrogen-bond acceptors (Lipinski definition) is 5. The van der Waals surface area contributed by atoms with Crippen molar-refractivity contribution in [3.63, 3.8) is 0 Å². The number of thiazole rings is 1. The first kappa shape index (κ1) is 13.9. The van der Waals surface area contributed by atoms with Crippen molar-refractivity contribution in [3.8, 4) is 0 Å². The molecule has 2 aromatic rings. The molecule has 2 heterocycles. The van der Waals surface area contributed by atoms with Crippen LogP contribution >= 0.6 is 38.6 Å². The van der Waals surface area contributed by atoms with E-state index in [0.717, 1.165) is 30.1 Å². The van der Waals surface area contributed by atoms with Crippen LogP contribution < -0.4 is 9.29 Å². The number of thiophene rings is 1. The number of fused-ring (bicyclic) bond motifs is 1. The van der Waals surface area contributed by atoms with Gasteiger partial charge < -0.3 is 0 Å². The van der Waals surface area contributed by atoms with Crippen molar-refractivity contribution in [2.75, 3.05) is 6.26 Å². The van der Waals surface area contributed by atoms with Crippen LogP contribution in [0, 0.1) is 13.8 Å². The van der Waals surface area contributed by atoms with Crippen molar-refractivity contribution in [2.45, 2.75) is 13.8 Å². The van der Waals surface area contributed by atoms with E-state index in [9.17, 15) is 13.2 Å². The van der Waals surface area contributed by atoms with Crippen molar-refractivity contribution in [2.24, 2.45) is 0 Å². The molecule has 0 aromatic carbocycles. The maximum atomic E-state index is 11.9. The molecule has 1 N–H and O–H groups in total. The lowest BCUT2D eigenvalue weighted by Crippen LogP contribution is -2.52. The van der Waals surface area contributed by atoms with Gasteiger partial charge in [0.15, 0.2) is 5.01 Å². The Labute approximate surface area is 121 Å². The largest absolute Gasteiger partial charge is 0.513 e. The molecular formula is C9H10BrN2O3S3+. The fourth-order valence-electron chi connectivity index (χ4n) is 1.50. The summed E-state index contributed by atoms with van der Waals surface area (Å²) >= 11 is 6.30. The number of aromatic nitrogens is 1. The third-order valence-electron chi connectivity index (χ3n) is 2.26. The fourth-order valence-corrected chi connectivity index (χ4v) is 5.05. The molecule has 9 heteroatoms. The number of aryl methyl sites for hydroxylation is 2. The highest BCUT2D eigenvalue weighted by Gasteiger charge is 2.28. The summed E-state index contributed by atoms with van der Waals surface area (Å²) in [6.45, 7) is 3.74. The zero-order chi connectivity index (χ0) is 13.7. The summed E-state index contributed by atoms with van der Waals surface area (Å²) in [6, 6.07) is -0.644. The van der Waals surface area contributed by atoms with Gasteiger partial charge in [0.25, 0.3) is 10.0 Å². The van der Waals surface area contributed by atoms with E-state index in [1.54, 1.807) is 6.92 Å². The van der Waals surface area contributed by atoms with Crippen LogP contribution in [0.3, 0.4) is 0 Å². The monoisotopic (exact) mass is 369 g/mol. The van der Waals surface area contributed by atoms with E-state index in [4.69, 9.17) is 0 Å². The Morgan fingerprint density at radius 2 is 1.94 bits per heavy atom. The minimum Gasteiger partial charge on any atom is -0.195 e. The predicted molar refractivity (Wildman–Crippen MR) is 75.8 cm³/mol. The van der Waals surface area contributed by atoms with Crippen LogP contribution in [0.1, 0.15) is 10.6 Å². The topological polar surface area (TPSA) is 67.1 Å². The molecule has 0 fully saturated rings. The van der Waals surface area contributed by atoms with Gasteiger partial charge in [0.2, 0.25) is 4.83 Å². The number of amides is 1. The van der Waals surface area contributed by atoms with Crippen LogP contribution in [0.2, 0.25) is 0 Å². The molecule has 0 atom stereocenters. The fraction of sp³-hybridized carbons (Fsp3) is 0.333. The number of nitrogens with zero attached hydrogens (tertiary/aromatic N) is 1. The number of hydrogen-bond donors (Lipinski definition) is 1. The van der Waals surface area contributed by atoms with Crippen LogP contribution in [0.4, 0.5) is 4.79 Å². The lowest BCUT2D eigenvalue weighted by Gasteiger charge is -1.95. The summed E-state index contributed by atoms with van der Waals surface area (Å²) in [7, 11) is -3.56. The van der Waals surface area contributed by atoms with Gasteiger partial charge in [-0.15, -0.1) is 9.29 Å². The standard InChI is InChI=1S/C9H9BrN2O3S3/c1-4-6-8(17-7(4)10)12(5(2)16-6)9(13)11-18(3,14)15/h1-3H3/p+1. The van der Waals surface area contributed by atoms with Crippen LogP contribution in [0.15, 0.2) is 3.79 Å². The van der Waals surface area contributed by atoms with E-state index < -0.39 is 16.1 Å². The third kappa shape index (κ3) is 2.44. The van der Waals surface area contributed by atoms with Gasteiger partial charge in [-0.3, -0.25) is 0 Å². The van der Waals surface area contributed by atoms with Crippen LogP contribution in [-0.4, -0.2) is 20.7 Å². The predicted octanol–water partition coefficient (Wildman–Crippen LogP) is 2.15. The number of halogens is 1. The van der Waals surface area contributed by atoms with Gasteiger partial charge in [0.1, 0.15) is 0 Å². The summed E-state index contributed by atoms with van der Waals surface area (Å²) in [5.41, 5.74) is 1.06. The smallest absolute Gasteiger partial charge is 0.195 e. The van der Waals surface area contributed by atoms with Crippen LogP contribution in [0.25, 0.3) is 9.53 Å². The number of sulfonamides is 1. The van der Waals surface area contributed by atoms with E-state index in [0.29, 0.717) is 0 Å². The SMILES string of the molecule is Cc1c(Br)sc2c1sc(C)[n+]2C(=O)NS(C)(=O)=O. The first-order chi connectivity index (χ1) is 8.20. The molecule has 0 bridgehead atoms. The molecule has 0 spiro atoms. The molecule has 0 unspecified atom stereocenters. The summed E-state index contributed by atoms with van der Waals surface area (Å²) in [4.78, 5) is 12.7. The van der Waals surface area contributed by atoms with Gasteiger partial charge in [0.05, 0.1) is 14.7 Å². The number of carbonyl (C=O) groups is 1. The Kier molecular flexibility index (Phi) is 3.52. The summed E-state index contributed by atoms with van der Waals surface area (Å²) in [5, 5.41) is 0.744. The van der Waals surface area contributed by atoms with Gasteiger partial charge in [0, 0.05) is 6.92 Å². The van der Waals surface area contributed by atoms with E-state index in [2.05, 4.69) is 15.9 Å². The summed E-state index contributed by atoms with van der Waals surface area (Å²) < 4.78 is 27.5. The van der Waals surface area contributed by atoms with Gasteiger partial charge in [-0.1, -0.05) is 22.7 Å². The molecule has 1 amide bonds. The molecule has 18 heavy (non-hydrogen) atoms. The maximum Gasteiger partial charge on any atom is 0.513 e. The molecule has 98 valence electrons. The number of rotatable bonds is 1. The van der Waals surface area contributed by atoms with Gasteiger partial charge in [-0.05, 0) is 28.4 Å². The van der Waals surface area contributed by atoms with Gasteiger partial charge >= 0.3 is 6.03 Å². The zero-order valence-corrected chi connectivity index (χ0v) is 13.8. The Morgan fingerprint density at radius 1 is 1.33 bits per heavy atom. The van der Waals surface area contributed by atoms with Crippen molar-refractivity contribution in [1.82, 2.24) is 4.72 Å². The normalized spacial score (nSPS) is 12.0. The Hall–Kier alpha value is -0.510. The highest BCUT2D eigenvalue weighted by Crippen LogP contribution is 2.36. The average Bonchev–Trinajstić information content (AvgIpc) is 2.62. The summed E-state index contributed by atoms with van der Waals surface area (Å²) in [5.74, 6) is 0. The van der Waals surface area contributed by atoms with E-state index in [-0.39, 0.29) is 0 Å². The molecule has 0 saturated carbocycles. The van der Waals surface area contributed by atoms with E-state index in [1.807, 2.05) is 11.6 Å². The lowest BCUT2D eigenvalue weighted by atomic mass is 10.4. The number of nitrogens with one attached hydrogen (secondary N) is 1. The Bertz CT molecular complexity index is 745. The van der Waals surface area contributed by atoms with Crippen LogP contribution in [-0.2, 0) is 10.0 Å².